The molecule has 1 saturated carbocycles. The largest absolute Gasteiger partial charge is 0.354 e. The van der Waals surface area contributed by atoms with Gasteiger partial charge in [0.05, 0.1) is 10.7 Å². The van der Waals surface area contributed by atoms with E-state index >= 15 is 0 Å². The molecule has 1 N–H and O–H groups in total. The summed E-state index contributed by atoms with van der Waals surface area (Å²) < 4.78 is 0. The molecular weight excluding hydrogens is 270 g/mol. The summed E-state index contributed by atoms with van der Waals surface area (Å²) in [6.45, 7) is 8.22. The van der Waals surface area contributed by atoms with Gasteiger partial charge in [-0.2, -0.15) is 0 Å². The van der Waals surface area contributed by atoms with Crippen LogP contribution < -0.4 is 10.2 Å². The van der Waals surface area contributed by atoms with Crippen LogP contribution in [0.15, 0.2) is 12.1 Å². The molecule has 2 rings (SSSR count). The zero-order valence-electron chi connectivity index (χ0n) is 12.8. The van der Waals surface area contributed by atoms with E-state index in [4.69, 9.17) is 16.6 Å². The highest BCUT2D eigenvalue weighted by Crippen LogP contribution is 2.28. The molecular formula is C16H26ClN3. The minimum absolute atomic E-state index is 0.439. The Hall–Kier alpha value is -0.800. The second-order valence-corrected chi connectivity index (χ2v) is 6.27. The molecule has 4 heteroatoms. The van der Waals surface area contributed by atoms with Gasteiger partial charge in [0.1, 0.15) is 5.82 Å². The van der Waals surface area contributed by atoms with E-state index in [2.05, 4.69) is 37.1 Å². The van der Waals surface area contributed by atoms with Crippen LogP contribution in [-0.2, 0) is 6.54 Å². The number of hydrogen-bond donors (Lipinski definition) is 1. The molecule has 1 aliphatic carbocycles. The van der Waals surface area contributed by atoms with Gasteiger partial charge < -0.3 is 10.2 Å². The van der Waals surface area contributed by atoms with E-state index in [1.807, 2.05) is 6.07 Å². The van der Waals surface area contributed by atoms with Crippen LogP contribution in [0.5, 0.6) is 0 Å². The Morgan fingerprint density at radius 1 is 1.35 bits per heavy atom. The number of hydrogen-bond acceptors (Lipinski definition) is 3. The van der Waals surface area contributed by atoms with Crippen LogP contribution in [0.25, 0.3) is 0 Å². The van der Waals surface area contributed by atoms with E-state index in [0.29, 0.717) is 12.1 Å². The van der Waals surface area contributed by atoms with Crippen molar-refractivity contribution in [3.63, 3.8) is 0 Å². The van der Waals surface area contributed by atoms with Crippen molar-refractivity contribution >= 4 is 17.4 Å². The van der Waals surface area contributed by atoms with Crippen LogP contribution in [0.1, 0.15) is 52.1 Å². The number of nitrogens with one attached hydrogen (secondary N) is 1. The summed E-state index contributed by atoms with van der Waals surface area (Å²) in [7, 11) is 0. The zero-order valence-corrected chi connectivity index (χ0v) is 13.6. The molecule has 20 heavy (non-hydrogen) atoms. The Kier molecular flexibility index (Phi) is 5.67. The molecule has 0 amide bonds. The Labute approximate surface area is 127 Å². The van der Waals surface area contributed by atoms with Gasteiger partial charge in [0.2, 0.25) is 0 Å². The second kappa shape index (κ2) is 7.28. The lowest BCUT2D eigenvalue weighted by Gasteiger charge is -2.29. The van der Waals surface area contributed by atoms with Crippen LogP contribution in [0.2, 0.25) is 5.02 Å². The predicted octanol–water partition coefficient (Wildman–Crippen LogP) is 4.00. The Balaban J connectivity index is 2.15. The molecule has 0 radical (unpaired) electrons. The van der Waals surface area contributed by atoms with E-state index in [9.17, 15) is 0 Å². The number of halogens is 1. The van der Waals surface area contributed by atoms with Gasteiger partial charge in [-0.25, -0.2) is 4.98 Å². The SMILES string of the molecule is CCN(c1ccc(Cl)c(CNC(C)C)n1)C1CCCC1. The molecule has 1 heterocycles. The first-order chi connectivity index (χ1) is 9.61. The van der Waals surface area contributed by atoms with E-state index in [1.165, 1.54) is 25.7 Å². The third-order valence-electron chi connectivity index (χ3n) is 3.98. The van der Waals surface area contributed by atoms with Crippen molar-refractivity contribution < 1.29 is 0 Å². The molecule has 0 saturated heterocycles. The third-order valence-corrected chi connectivity index (χ3v) is 4.33. The summed E-state index contributed by atoms with van der Waals surface area (Å²) in [5.41, 5.74) is 0.953. The second-order valence-electron chi connectivity index (χ2n) is 5.86. The van der Waals surface area contributed by atoms with Crippen LogP contribution in [-0.4, -0.2) is 23.6 Å². The Bertz CT molecular complexity index is 428. The first-order valence-electron chi connectivity index (χ1n) is 7.77. The number of aromatic nitrogens is 1. The lowest BCUT2D eigenvalue weighted by molar-refractivity contribution is 0.577. The van der Waals surface area contributed by atoms with Gasteiger partial charge in [-0.05, 0) is 31.9 Å². The van der Waals surface area contributed by atoms with Crippen molar-refractivity contribution in [3.8, 4) is 0 Å². The van der Waals surface area contributed by atoms with Gasteiger partial charge in [0, 0.05) is 25.2 Å². The van der Waals surface area contributed by atoms with Crippen LogP contribution in [0.3, 0.4) is 0 Å². The fourth-order valence-corrected chi connectivity index (χ4v) is 3.05. The van der Waals surface area contributed by atoms with Gasteiger partial charge in [-0.1, -0.05) is 38.3 Å². The monoisotopic (exact) mass is 295 g/mol. The smallest absolute Gasteiger partial charge is 0.129 e. The molecule has 1 aromatic rings. The maximum absolute atomic E-state index is 6.27. The average Bonchev–Trinajstić information content (AvgIpc) is 2.93. The highest BCUT2D eigenvalue weighted by atomic mass is 35.5. The number of anilines is 1. The predicted molar refractivity (Wildman–Crippen MR) is 86.5 cm³/mol. The molecule has 0 unspecified atom stereocenters. The zero-order chi connectivity index (χ0) is 14.5. The summed E-state index contributed by atoms with van der Waals surface area (Å²) >= 11 is 6.27. The molecule has 0 bridgehead atoms. The topological polar surface area (TPSA) is 28.2 Å². The summed E-state index contributed by atoms with van der Waals surface area (Å²) in [6.07, 6.45) is 5.27. The molecule has 112 valence electrons. The van der Waals surface area contributed by atoms with E-state index in [-0.39, 0.29) is 0 Å². The minimum Gasteiger partial charge on any atom is -0.354 e. The molecule has 0 spiro atoms. The first kappa shape index (κ1) is 15.6. The molecule has 1 fully saturated rings. The van der Waals surface area contributed by atoms with Crippen molar-refractivity contribution in [2.75, 3.05) is 11.4 Å². The summed E-state index contributed by atoms with van der Waals surface area (Å²) in [5.74, 6) is 1.07. The summed E-state index contributed by atoms with van der Waals surface area (Å²) in [5, 5.41) is 4.14. The summed E-state index contributed by atoms with van der Waals surface area (Å²) in [4.78, 5) is 7.22. The molecule has 1 aromatic heterocycles. The van der Waals surface area contributed by atoms with E-state index in [1.54, 1.807) is 0 Å². The highest BCUT2D eigenvalue weighted by molar-refractivity contribution is 6.31. The molecule has 0 aromatic carbocycles. The van der Waals surface area contributed by atoms with Gasteiger partial charge in [-0.15, -0.1) is 0 Å². The van der Waals surface area contributed by atoms with Crippen LogP contribution >= 0.6 is 11.6 Å². The van der Waals surface area contributed by atoms with Crippen LogP contribution in [0.4, 0.5) is 5.82 Å². The lowest BCUT2D eigenvalue weighted by Crippen LogP contribution is -2.34. The fourth-order valence-electron chi connectivity index (χ4n) is 2.88. The molecule has 0 atom stereocenters. The van der Waals surface area contributed by atoms with Crippen molar-refractivity contribution in [2.24, 2.45) is 0 Å². The maximum Gasteiger partial charge on any atom is 0.129 e. The standard InChI is InChI=1S/C16H26ClN3/c1-4-20(13-7-5-6-8-13)16-10-9-14(17)15(19-16)11-18-12(2)3/h9-10,12-13,18H,4-8,11H2,1-3H3. The summed E-state index contributed by atoms with van der Waals surface area (Å²) in [6, 6.07) is 5.13. The molecule has 0 aliphatic heterocycles. The number of nitrogens with zero attached hydrogens (tertiary/aromatic N) is 2. The van der Waals surface area contributed by atoms with E-state index < -0.39 is 0 Å². The van der Waals surface area contributed by atoms with Gasteiger partial charge >= 0.3 is 0 Å². The first-order valence-corrected chi connectivity index (χ1v) is 8.15. The molecule has 1 aliphatic rings. The Morgan fingerprint density at radius 3 is 2.65 bits per heavy atom. The van der Waals surface area contributed by atoms with Gasteiger partial charge in [0.25, 0.3) is 0 Å². The lowest BCUT2D eigenvalue weighted by atomic mass is 10.2. The normalized spacial score (nSPS) is 16.1. The van der Waals surface area contributed by atoms with E-state index in [0.717, 1.165) is 29.6 Å². The fraction of sp³-hybridized carbons (Fsp3) is 0.688. The van der Waals surface area contributed by atoms with Crippen molar-refractivity contribution in [3.05, 3.63) is 22.8 Å². The van der Waals surface area contributed by atoms with Gasteiger partial charge in [-0.3, -0.25) is 0 Å². The van der Waals surface area contributed by atoms with Gasteiger partial charge in [0.15, 0.2) is 0 Å². The minimum atomic E-state index is 0.439. The Morgan fingerprint density at radius 2 is 2.05 bits per heavy atom. The van der Waals surface area contributed by atoms with Crippen molar-refractivity contribution in [1.29, 1.82) is 0 Å². The highest BCUT2D eigenvalue weighted by Gasteiger charge is 2.22. The maximum atomic E-state index is 6.27. The van der Waals surface area contributed by atoms with Crippen molar-refractivity contribution in [2.45, 2.75) is 65.1 Å². The quantitative estimate of drug-likeness (QED) is 0.860. The van der Waals surface area contributed by atoms with Crippen LogP contribution in [0, 0.1) is 0 Å². The average molecular weight is 296 g/mol. The number of rotatable bonds is 6. The number of pyridine rings is 1. The van der Waals surface area contributed by atoms with Crippen molar-refractivity contribution in [1.82, 2.24) is 10.3 Å². The third kappa shape index (κ3) is 3.86. The molecule has 3 nitrogen and oxygen atoms in total.